The number of carboxylic acid groups (broad SMARTS) is 1. The van der Waals surface area contributed by atoms with Crippen LogP contribution in [0.3, 0.4) is 0 Å². The number of hydrogen-bond donors (Lipinski definition) is 2. The summed E-state index contributed by atoms with van der Waals surface area (Å²) in [4.78, 5) is 15.7. The van der Waals surface area contributed by atoms with Gasteiger partial charge >= 0.3 is 6.09 Å². The first kappa shape index (κ1) is 22.4. The molecule has 0 radical (unpaired) electrons. The van der Waals surface area contributed by atoms with Crippen LogP contribution >= 0.6 is 22.7 Å². The summed E-state index contributed by atoms with van der Waals surface area (Å²) in [5, 5.41) is 14.9. The van der Waals surface area contributed by atoms with E-state index in [9.17, 15) is 22.7 Å². The van der Waals surface area contributed by atoms with Crippen molar-refractivity contribution in [2.75, 3.05) is 0 Å². The van der Waals surface area contributed by atoms with Gasteiger partial charge in [0.1, 0.15) is 4.21 Å². The van der Waals surface area contributed by atoms with E-state index in [4.69, 9.17) is 0 Å². The summed E-state index contributed by atoms with van der Waals surface area (Å²) < 4.78 is 40.9. The number of nitrogens with zero attached hydrogens (tertiary/aromatic N) is 1. The minimum atomic E-state index is -3.87. The second kappa shape index (κ2) is 8.44. The lowest BCUT2D eigenvalue weighted by atomic mass is 9.84. The highest BCUT2D eigenvalue weighted by Gasteiger charge is 2.31. The number of aromatic nitrogens is 1. The zero-order valence-electron chi connectivity index (χ0n) is 16.5. The topological polar surface area (TPSA) is 96.4 Å². The first-order valence-electron chi connectivity index (χ1n) is 9.00. The highest BCUT2D eigenvalue weighted by molar-refractivity contribution is 7.93. The number of thiophene rings is 2. The molecule has 0 aliphatic rings. The standard InChI is InChI=1S/C20H21FN2O4S3/c1-20(2,3)16(23-19(24)25)10-12-9-15(14-5-4-7-22-17(14)21)18(29-12)30(26,27)13-6-8-28-11-13/h4-9,11,16,23H,10H2,1-3H3,(H,24,25). The lowest BCUT2D eigenvalue weighted by molar-refractivity contribution is 0.174. The molecule has 6 nitrogen and oxygen atoms in total. The van der Waals surface area contributed by atoms with Crippen molar-refractivity contribution in [3.63, 3.8) is 0 Å². The quantitative estimate of drug-likeness (QED) is 0.493. The third-order valence-corrected chi connectivity index (χ3v) is 8.87. The summed E-state index contributed by atoms with van der Waals surface area (Å²) in [5.74, 6) is -0.764. The Morgan fingerprint density at radius 3 is 2.60 bits per heavy atom. The Balaban J connectivity index is 2.14. The van der Waals surface area contributed by atoms with Crippen LogP contribution in [0.15, 0.2) is 50.3 Å². The third-order valence-electron chi connectivity index (χ3n) is 4.60. The number of rotatable bonds is 6. The van der Waals surface area contributed by atoms with E-state index in [1.807, 2.05) is 20.8 Å². The van der Waals surface area contributed by atoms with Gasteiger partial charge in [0.15, 0.2) is 0 Å². The van der Waals surface area contributed by atoms with E-state index in [1.54, 1.807) is 17.5 Å². The second-order valence-corrected chi connectivity index (χ2v) is 11.9. The van der Waals surface area contributed by atoms with Crippen molar-refractivity contribution in [1.29, 1.82) is 0 Å². The Bertz CT molecular complexity index is 1150. The van der Waals surface area contributed by atoms with Gasteiger partial charge in [0, 0.05) is 40.0 Å². The van der Waals surface area contributed by atoms with Crippen LogP contribution in [0.2, 0.25) is 0 Å². The molecule has 0 saturated carbocycles. The molecule has 30 heavy (non-hydrogen) atoms. The van der Waals surface area contributed by atoms with Gasteiger partial charge in [-0.1, -0.05) is 20.8 Å². The average Bonchev–Trinajstić information content (AvgIpc) is 3.31. The molecule has 0 spiro atoms. The maximum atomic E-state index is 14.4. The van der Waals surface area contributed by atoms with Crippen molar-refractivity contribution in [2.24, 2.45) is 5.41 Å². The average molecular weight is 469 g/mol. The van der Waals surface area contributed by atoms with Crippen molar-refractivity contribution >= 4 is 38.6 Å². The van der Waals surface area contributed by atoms with Crippen LogP contribution in [0.5, 0.6) is 0 Å². The van der Waals surface area contributed by atoms with Crippen molar-refractivity contribution in [3.8, 4) is 11.1 Å². The molecule has 3 rings (SSSR count). The van der Waals surface area contributed by atoms with Gasteiger partial charge in [0.25, 0.3) is 0 Å². The molecule has 3 aromatic heterocycles. The molecule has 0 aliphatic carbocycles. The van der Waals surface area contributed by atoms with Crippen LogP contribution in [-0.2, 0) is 16.3 Å². The van der Waals surface area contributed by atoms with E-state index < -0.39 is 33.3 Å². The number of sulfone groups is 1. The van der Waals surface area contributed by atoms with Gasteiger partial charge in [-0.05, 0) is 35.1 Å². The third kappa shape index (κ3) is 4.71. The molecule has 2 N–H and O–H groups in total. The summed E-state index contributed by atoms with van der Waals surface area (Å²) in [6.07, 6.45) is 0.413. The normalized spacial score (nSPS) is 13.2. The maximum Gasteiger partial charge on any atom is 0.404 e. The maximum absolute atomic E-state index is 14.4. The van der Waals surface area contributed by atoms with Gasteiger partial charge in [0.05, 0.1) is 4.90 Å². The van der Waals surface area contributed by atoms with Crippen LogP contribution in [0.1, 0.15) is 25.6 Å². The Kier molecular flexibility index (Phi) is 6.30. The summed E-state index contributed by atoms with van der Waals surface area (Å²) in [6.45, 7) is 5.68. The van der Waals surface area contributed by atoms with Gasteiger partial charge < -0.3 is 10.4 Å². The van der Waals surface area contributed by atoms with E-state index in [-0.39, 0.29) is 26.7 Å². The number of nitrogens with one attached hydrogen (secondary N) is 1. The smallest absolute Gasteiger partial charge is 0.404 e. The monoisotopic (exact) mass is 468 g/mol. The Labute approximate surface area is 182 Å². The predicted octanol–water partition coefficient (Wildman–Crippen LogP) is 5.07. The lowest BCUT2D eigenvalue weighted by Crippen LogP contribution is -2.44. The summed E-state index contributed by atoms with van der Waals surface area (Å²) in [6, 6.07) is 5.69. The van der Waals surface area contributed by atoms with Crippen LogP contribution in [0.4, 0.5) is 9.18 Å². The molecule has 10 heteroatoms. The number of pyridine rings is 1. The van der Waals surface area contributed by atoms with Gasteiger partial charge in [0.2, 0.25) is 15.8 Å². The minimum absolute atomic E-state index is 0.0192. The highest BCUT2D eigenvalue weighted by Crippen LogP contribution is 2.40. The van der Waals surface area contributed by atoms with Crippen molar-refractivity contribution in [1.82, 2.24) is 10.3 Å². The molecule has 1 atom stereocenters. The first-order valence-corrected chi connectivity index (χ1v) is 12.2. The molecule has 0 saturated heterocycles. The van der Waals surface area contributed by atoms with Crippen LogP contribution in [-0.4, -0.2) is 30.6 Å². The highest BCUT2D eigenvalue weighted by atomic mass is 32.2. The molecular weight excluding hydrogens is 447 g/mol. The van der Waals surface area contributed by atoms with E-state index in [2.05, 4.69) is 10.3 Å². The van der Waals surface area contributed by atoms with E-state index in [1.165, 1.54) is 35.0 Å². The SMILES string of the molecule is CC(C)(C)C(Cc1cc(-c2cccnc2F)c(S(=O)(=O)c2ccsc2)s1)NC(=O)O. The fourth-order valence-electron chi connectivity index (χ4n) is 2.93. The fourth-order valence-corrected chi connectivity index (χ4v) is 7.12. The molecule has 1 amide bonds. The zero-order chi connectivity index (χ0) is 22.1. The predicted molar refractivity (Wildman–Crippen MR) is 115 cm³/mol. The summed E-state index contributed by atoms with van der Waals surface area (Å²) in [7, 11) is -3.87. The van der Waals surface area contributed by atoms with Gasteiger partial charge in [-0.2, -0.15) is 15.7 Å². The molecule has 1 unspecified atom stereocenters. The summed E-state index contributed by atoms with van der Waals surface area (Å²) >= 11 is 2.29. The number of amides is 1. The molecule has 160 valence electrons. The van der Waals surface area contributed by atoms with Crippen molar-refractivity contribution in [3.05, 3.63) is 52.0 Å². The number of halogens is 1. The molecule has 3 heterocycles. The molecular formula is C20H21FN2O4S3. The molecule has 0 aliphatic heterocycles. The largest absolute Gasteiger partial charge is 0.465 e. The second-order valence-electron chi connectivity index (χ2n) is 7.79. The summed E-state index contributed by atoms with van der Waals surface area (Å²) in [5.41, 5.74) is -0.0869. The van der Waals surface area contributed by atoms with Crippen LogP contribution in [0, 0.1) is 11.4 Å². The van der Waals surface area contributed by atoms with E-state index in [0.717, 1.165) is 11.3 Å². The van der Waals surface area contributed by atoms with Gasteiger partial charge in [-0.25, -0.2) is 18.2 Å². The number of hydrogen-bond acceptors (Lipinski definition) is 6. The van der Waals surface area contributed by atoms with Gasteiger partial charge in [-0.3, -0.25) is 0 Å². The molecule has 0 aromatic carbocycles. The van der Waals surface area contributed by atoms with Gasteiger partial charge in [-0.15, -0.1) is 11.3 Å². The lowest BCUT2D eigenvalue weighted by Gasteiger charge is -2.30. The molecule has 0 fully saturated rings. The number of carbonyl (C=O) groups is 1. The van der Waals surface area contributed by atoms with Crippen LogP contribution in [0.25, 0.3) is 11.1 Å². The molecule has 3 aromatic rings. The van der Waals surface area contributed by atoms with Crippen molar-refractivity contribution in [2.45, 2.75) is 42.3 Å². The Morgan fingerprint density at radius 1 is 1.30 bits per heavy atom. The first-order chi connectivity index (χ1) is 14.0. The van der Waals surface area contributed by atoms with E-state index in [0.29, 0.717) is 4.88 Å². The zero-order valence-corrected chi connectivity index (χ0v) is 19.0. The minimum Gasteiger partial charge on any atom is -0.465 e. The van der Waals surface area contributed by atoms with Crippen LogP contribution < -0.4 is 5.32 Å². The molecule has 0 bridgehead atoms. The Hall–Kier alpha value is -2.30. The van der Waals surface area contributed by atoms with E-state index >= 15 is 0 Å². The van der Waals surface area contributed by atoms with Crippen molar-refractivity contribution < 1.29 is 22.7 Å². The Morgan fingerprint density at radius 2 is 2.03 bits per heavy atom. The fraction of sp³-hybridized carbons (Fsp3) is 0.300.